The number of hydrogen-bond donors (Lipinski definition) is 4. The van der Waals surface area contributed by atoms with E-state index < -0.39 is 6.23 Å². The molecule has 5 nitrogen and oxygen atoms in total. The Morgan fingerprint density at radius 1 is 1.57 bits per heavy atom. The predicted molar refractivity (Wildman–Crippen MR) is 53.3 cm³/mol. The van der Waals surface area contributed by atoms with E-state index in [1.165, 1.54) is 12.8 Å². The molecule has 0 aliphatic carbocycles. The Balaban J connectivity index is 2.20. The highest BCUT2D eigenvalue weighted by Crippen LogP contribution is 2.00. The molecule has 1 fully saturated rings. The van der Waals surface area contributed by atoms with E-state index >= 15 is 0 Å². The number of aliphatic hydroxyl groups is 1. The molecule has 1 heterocycles. The third-order valence-electron chi connectivity index (χ3n) is 2.00. The van der Waals surface area contributed by atoms with Gasteiger partial charge in [-0.15, -0.1) is 0 Å². The molecule has 1 aliphatic heterocycles. The molecule has 1 atom stereocenters. The highest BCUT2D eigenvalue weighted by atomic mass is 16.3. The molecule has 4 N–H and O–H groups in total. The Morgan fingerprint density at radius 2 is 2.36 bits per heavy atom. The maximum absolute atomic E-state index is 10.7. The first-order chi connectivity index (χ1) is 6.74. The molecule has 0 saturated carbocycles. The van der Waals surface area contributed by atoms with Gasteiger partial charge >= 0.3 is 6.03 Å². The van der Waals surface area contributed by atoms with E-state index in [4.69, 9.17) is 0 Å². The van der Waals surface area contributed by atoms with Crippen LogP contribution in [-0.4, -0.2) is 23.9 Å². The highest BCUT2D eigenvalue weighted by Gasteiger charge is 2.22. The van der Waals surface area contributed by atoms with Crippen molar-refractivity contribution in [3.05, 3.63) is 11.9 Å². The van der Waals surface area contributed by atoms with Crippen LogP contribution in [0, 0.1) is 0 Å². The number of hydrogen-bond acceptors (Lipinski definition) is 3. The van der Waals surface area contributed by atoms with E-state index in [1.807, 2.05) is 0 Å². The molecule has 0 radical (unpaired) electrons. The monoisotopic (exact) mass is 199 g/mol. The van der Waals surface area contributed by atoms with Crippen molar-refractivity contribution >= 4 is 6.03 Å². The number of aliphatic hydroxyl groups excluding tert-OH is 1. The van der Waals surface area contributed by atoms with E-state index in [-0.39, 0.29) is 6.03 Å². The van der Waals surface area contributed by atoms with Gasteiger partial charge in [0.2, 0.25) is 0 Å². The van der Waals surface area contributed by atoms with Crippen LogP contribution in [0.15, 0.2) is 11.9 Å². The zero-order valence-electron chi connectivity index (χ0n) is 8.34. The minimum atomic E-state index is -0.902. The molecular weight excluding hydrogens is 182 g/mol. The Hall–Kier alpha value is -1.23. The average molecular weight is 199 g/mol. The third-order valence-corrected chi connectivity index (χ3v) is 2.00. The van der Waals surface area contributed by atoms with Gasteiger partial charge in [-0.05, 0) is 6.42 Å². The first-order valence-corrected chi connectivity index (χ1v) is 4.93. The topological polar surface area (TPSA) is 73.4 Å². The van der Waals surface area contributed by atoms with Gasteiger partial charge in [-0.3, -0.25) is 0 Å². The van der Waals surface area contributed by atoms with E-state index in [0.29, 0.717) is 5.70 Å². The minimum absolute atomic E-state index is 0.362. The quantitative estimate of drug-likeness (QED) is 0.479. The zero-order chi connectivity index (χ0) is 10.4. The molecule has 5 heteroatoms. The molecular formula is C9H17N3O2. The molecule has 0 aromatic heterocycles. The number of amides is 2. The maximum Gasteiger partial charge on any atom is 0.321 e. The summed E-state index contributed by atoms with van der Waals surface area (Å²) < 4.78 is 0. The fraction of sp³-hybridized carbons (Fsp3) is 0.667. The van der Waals surface area contributed by atoms with Gasteiger partial charge in [0.15, 0.2) is 6.23 Å². The molecule has 1 aliphatic rings. The maximum atomic E-state index is 10.7. The van der Waals surface area contributed by atoms with Crippen molar-refractivity contribution in [3.63, 3.8) is 0 Å². The van der Waals surface area contributed by atoms with Crippen LogP contribution in [0.4, 0.5) is 4.79 Å². The van der Waals surface area contributed by atoms with E-state index in [1.54, 1.807) is 6.20 Å². The number of nitrogens with one attached hydrogen (secondary N) is 3. The Bertz CT molecular complexity index is 228. The molecule has 1 unspecified atom stereocenters. The van der Waals surface area contributed by atoms with Crippen LogP contribution in [0.2, 0.25) is 0 Å². The number of unbranched alkanes of at least 4 members (excludes halogenated alkanes) is 2. The van der Waals surface area contributed by atoms with Crippen LogP contribution in [0.25, 0.3) is 0 Å². The molecule has 2 amide bonds. The fourth-order valence-corrected chi connectivity index (χ4v) is 1.21. The molecule has 0 bridgehead atoms. The summed E-state index contributed by atoms with van der Waals surface area (Å²) in [4.78, 5) is 10.7. The highest BCUT2D eigenvalue weighted by molar-refractivity contribution is 5.79. The van der Waals surface area contributed by atoms with Crippen molar-refractivity contribution in [2.24, 2.45) is 0 Å². The second kappa shape index (κ2) is 5.49. The van der Waals surface area contributed by atoms with E-state index in [0.717, 1.165) is 13.0 Å². The first-order valence-electron chi connectivity index (χ1n) is 4.93. The largest absolute Gasteiger partial charge is 0.389 e. The van der Waals surface area contributed by atoms with Gasteiger partial charge in [0, 0.05) is 12.7 Å². The van der Waals surface area contributed by atoms with Crippen LogP contribution in [0.3, 0.4) is 0 Å². The van der Waals surface area contributed by atoms with Gasteiger partial charge in [-0.25, -0.2) is 4.79 Å². The summed E-state index contributed by atoms with van der Waals surface area (Å²) in [6.07, 6.45) is 4.19. The second-order valence-electron chi connectivity index (χ2n) is 3.26. The van der Waals surface area contributed by atoms with Gasteiger partial charge in [0.1, 0.15) is 0 Å². The van der Waals surface area contributed by atoms with Crippen LogP contribution in [0.1, 0.15) is 26.2 Å². The number of carbonyl (C=O) groups is 1. The van der Waals surface area contributed by atoms with Crippen molar-refractivity contribution in [2.45, 2.75) is 32.4 Å². The minimum Gasteiger partial charge on any atom is -0.389 e. The molecule has 80 valence electrons. The lowest BCUT2D eigenvalue weighted by Gasteiger charge is -2.04. The van der Waals surface area contributed by atoms with Gasteiger partial charge in [-0.2, -0.15) is 0 Å². The van der Waals surface area contributed by atoms with Crippen molar-refractivity contribution in [1.82, 2.24) is 16.0 Å². The van der Waals surface area contributed by atoms with Crippen molar-refractivity contribution in [1.29, 1.82) is 0 Å². The Kier molecular flexibility index (Phi) is 4.25. The molecule has 0 aromatic rings. The van der Waals surface area contributed by atoms with E-state index in [9.17, 15) is 9.90 Å². The number of urea groups is 1. The van der Waals surface area contributed by atoms with Crippen LogP contribution >= 0.6 is 0 Å². The number of carbonyl (C=O) groups excluding carboxylic acids is 1. The Labute approximate surface area is 83.6 Å². The fourth-order valence-electron chi connectivity index (χ4n) is 1.21. The van der Waals surface area contributed by atoms with Crippen LogP contribution in [0.5, 0.6) is 0 Å². The molecule has 0 spiro atoms. The molecule has 14 heavy (non-hydrogen) atoms. The predicted octanol–water partition coefficient (Wildman–Crippen LogP) is 0.239. The van der Waals surface area contributed by atoms with Crippen molar-refractivity contribution in [2.75, 3.05) is 6.54 Å². The standard InChI is InChI=1S/C9H17N3O2/c1-2-3-4-5-10-6-7-8(13)12-9(14)11-7/h6,8,10,13H,2-5H2,1H3,(H2,11,12,14)/b7-6+. The third kappa shape index (κ3) is 3.26. The number of rotatable bonds is 5. The van der Waals surface area contributed by atoms with Crippen LogP contribution < -0.4 is 16.0 Å². The first kappa shape index (κ1) is 10.8. The van der Waals surface area contributed by atoms with Crippen molar-refractivity contribution in [3.8, 4) is 0 Å². The lowest BCUT2D eigenvalue weighted by atomic mass is 10.2. The normalized spacial score (nSPS) is 23.4. The lowest BCUT2D eigenvalue weighted by Crippen LogP contribution is -2.25. The second-order valence-corrected chi connectivity index (χ2v) is 3.26. The van der Waals surface area contributed by atoms with Gasteiger partial charge in [0.25, 0.3) is 0 Å². The smallest absolute Gasteiger partial charge is 0.321 e. The Morgan fingerprint density at radius 3 is 2.93 bits per heavy atom. The molecule has 0 aromatic carbocycles. The molecule has 1 saturated heterocycles. The molecule has 1 rings (SSSR count). The summed E-state index contributed by atoms with van der Waals surface area (Å²) in [5, 5.41) is 17.1. The van der Waals surface area contributed by atoms with Gasteiger partial charge < -0.3 is 21.1 Å². The summed E-state index contributed by atoms with van der Waals surface area (Å²) in [7, 11) is 0. The summed E-state index contributed by atoms with van der Waals surface area (Å²) >= 11 is 0. The van der Waals surface area contributed by atoms with E-state index in [2.05, 4.69) is 22.9 Å². The summed E-state index contributed by atoms with van der Waals surface area (Å²) in [5.74, 6) is 0. The van der Waals surface area contributed by atoms with Crippen LogP contribution in [-0.2, 0) is 0 Å². The van der Waals surface area contributed by atoms with Gasteiger partial charge in [0.05, 0.1) is 5.70 Å². The summed E-state index contributed by atoms with van der Waals surface area (Å²) in [6, 6.07) is -0.362. The zero-order valence-corrected chi connectivity index (χ0v) is 8.34. The van der Waals surface area contributed by atoms with Gasteiger partial charge in [-0.1, -0.05) is 19.8 Å². The lowest BCUT2D eigenvalue weighted by molar-refractivity contribution is 0.191. The average Bonchev–Trinajstić information content (AvgIpc) is 2.45. The SMILES string of the molecule is CCCCCN/C=C1/NC(=O)NC1O. The summed E-state index contributed by atoms with van der Waals surface area (Å²) in [5.41, 5.74) is 0.478. The van der Waals surface area contributed by atoms with Crippen molar-refractivity contribution < 1.29 is 9.90 Å². The summed E-state index contributed by atoms with van der Waals surface area (Å²) in [6.45, 7) is 3.00.